The van der Waals surface area contributed by atoms with Crippen LogP contribution in [0.3, 0.4) is 0 Å². The van der Waals surface area contributed by atoms with Gasteiger partial charge in [0.2, 0.25) is 0 Å². The fourth-order valence-electron chi connectivity index (χ4n) is 0.628. The van der Waals surface area contributed by atoms with Crippen LogP contribution in [-0.4, -0.2) is 31.5 Å². The second-order valence-corrected chi connectivity index (χ2v) is 4.45. The normalized spacial score (nSPS) is 9.53. The molecule has 0 atom stereocenters. The van der Waals surface area contributed by atoms with E-state index in [1.165, 1.54) is 18.6 Å². The minimum atomic E-state index is -3.25. The summed E-state index contributed by atoms with van der Waals surface area (Å²) in [4.78, 5) is 0.259. The maximum absolute atomic E-state index is 10.7. The number of unbranched alkanes of at least 4 members (excludes halogenated alkanes) is 1. The molecular weight excluding hydrogens is 220 g/mol. The number of hydrogen-bond donors (Lipinski definition) is 0. The monoisotopic (exact) mass is 236 g/mol. The molecule has 0 N–H and O–H groups in total. The Kier molecular flexibility index (Phi) is 10.6. The molecule has 0 radical (unpaired) electrons. The molecule has 2 nitrogen and oxygen atoms in total. The zero-order chi connectivity index (χ0) is 11.0. The van der Waals surface area contributed by atoms with Gasteiger partial charge in [0.1, 0.15) is 0 Å². The molecule has 1 rings (SSSR count). The Morgan fingerprint density at radius 3 is 1.87 bits per heavy atom. The first-order chi connectivity index (χ1) is 6.52. The number of rotatable bonds is 2. The van der Waals surface area contributed by atoms with Gasteiger partial charge in [-0.2, -0.15) is 13.3 Å². The van der Waals surface area contributed by atoms with Crippen molar-refractivity contribution in [1.82, 2.24) is 0 Å². The molecule has 1 aromatic rings. The van der Waals surface area contributed by atoms with E-state index in [0.29, 0.717) is 0 Å². The third kappa shape index (κ3) is 8.90. The second-order valence-electron chi connectivity index (χ2n) is 2.74. The first-order valence-corrected chi connectivity index (χ1v) is 6.08. The van der Waals surface area contributed by atoms with Crippen molar-refractivity contribution in [1.29, 1.82) is 0 Å². The topological polar surface area (TPSA) is 34.1 Å². The fourth-order valence-corrected chi connectivity index (χ4v) is 1.20. The van der Waals surface area contributed by atoms with Crippen LogP contribution in [0.25, 0.3) is 0 Å². The van der Waals surface area contributed by atoms with Crippen LogP contribution in [-0.2, 0) is 9.84 Å². The van der Waals surface area contributed by atoms with Crippen molar-refractivity contribution in [3.8, 4) is 0 Å². The van der Waals surface area contributed by atoms with Gasteiger partial charge < -0.3 is 6.42 Å². The van der Waals surface area contributed by atoms with Gasteiger partial charge in [-0.15, -0.1) is 0 Å². The van der Waals surface area contributed by atoms with Gasteiger partial charge in [-0.1, -0.05) is 25.1 Å². The molecule has 0 spiro atoms. The molecule has 15 heavy (non-hydrogen) atoms. The molecule has 0 aromatic heterocycles. The van der Waals surface area contributed by atoms with Crippen molar-refractivity contribution < 1.29 is 8.42 Å². The Labute approximate surface area is 109 Å². The van der Waals surface area contributed by atoms with Crippen LogP contribution >= 0.6 is 0 Å². The van der Waals surface area contributed by atoms with Gasteiger partial charge >= 0.3 is 23.1 Å². The van der Waals surface area contributed by atoms with Crippen LogP contribution < -0.4 is 0 Å². The molecule has 0 aliphatic carbocycles. The molecule has 0 amide bonds. The largest absolute Gasteiger partial charge is 2.00 e. The van der Waals surface area contributed by atoms with Crippen molar-refractivity contribution in [2.45, 2.75) is 25.2 Å². The molecule has 0 saturated carbocycles. The first kappa shape index (κ1) is 17.3. The van der Waals surface area contributed by atoms with E-state index >= 15 is 0 Å². The van der Waals surface area contributed by atoms with Crippen molar-refractivity contribution in [3.63, 3.8) is 0 Å². The summed E-state index contributed by atoms with van der Waals surface area (Å²) < 4.78 is 21.4. The minimum absolute atomic E-state index is 0. The van der Waals surface area contributed by atoms with Crippen molar-refractivity contribution in [2.24, 2.45) is 0 Å². The molecule has 0 bridgehead atoms. The number of hydrogen-bond acceptors (Lipinski definition) is 2. The predicted octanol–water partition coefficient (Wildman–Crippen LogP) is 2.49. The summed E-state index contributed by atoms with van der Waals surface area (Å²) in [6.45, 7) is 4.18. The van der Waals surface area contributed by atoms with E-state index in [4.69, 9.17) is 0 Å². The van der Waals surface area contributed by atoms with E-state index in [1.807, 2.05) is 0 Å². The van der Waals surface area contributed by atoms with E-state index < -0.39 is 9.84 Å². The van der Waals surface area contributed by atoms with Crippen LogP contribution in [0.1, 0.15) is 20.3 Å². The Hall–Kier alpha value is -0.0638. The van der Waals surface area contributed by atoms with Gasteiger partial charge in [-0.25, -0.2) is 6.26 Å². The number of benzene rings is 1. The summed E-state index contributed by atoms with van der Waals surface area (Å²) >= 11 is 0. The molecule has 0 heterocycles. The van der Waals surface area contributed by atoms with Crippen LogP contribution in [0.5, 0.6) is 0 Å². The molecule has 80 valence electrons. The zero-order valence-electron chi connectivity index (χ0n) is 9.31. The van der Waals surface area contributed by atoms with Gasteiger partial charge in [0.15, 0.2) is 0 Å². The van der Waals surface area contributed by atoms with Gasteiger partial charge in [-0.3, -0.25) is 8.42 Å². The van der Waals surface area contributed by atoms with Gasteiger partial charge in [0.25, 0.3) is 0 Å². The smallest absolute Gasteiger partial charge is 0.332 e. The summed E-state index contributed by atoms with van der Waals surface area (Å²) in [5.74, 6) is 0. The fraction of sp³-hybridized carbons (Fsp3) is 0.273. The molecule has 1 aromatic carbocycles. The Bertz CT molecular complexity index is 331. The summed E-state index contributed by atoms with van der Waals surface area (Å²) in [5, 5.41) is 0. The average molecular weight is 237 g/mol. The quantitative estimate of drug-likeness (QED) is 0.584. The third-order valence-electron chi connectivity index (χ3n) is 1.51. The van der Waals surface area contributed by atoms with Crippen LogP contribution in [0.2, 0.25) is 0 Å². The van der Waals surface area contributed by atoms with E-state index in [9.17, 15) is 8.42 Å². The van der Waals surface area contributed by atoms with E-state index in [2.05, 4.69) is 26.5 Å². The summed E-state index contributed by atoms with van der Waals surface area (Å²) in [5.41, 5.74) is 0. The zero-order valence-corrected chi connectivity index (χ0v) is 11.5. The maximum Gasteiger partial charge on any atom is 2.00 e. The SMILES string of the molecule is C[CH-]CC.[CH2-]S(=O)(=O)c1ccccc1.[Mg+2]. The van der Waals surface area contributed by atoms with Crippen LogP contribution in [0.15, 0.2) is 35.2 Å². The molecule has 0 aliphatic rings. The molecular formula is C11H16MgO2S. The Morgan fingerprint density at radius 2 is 1.67 bits per heavy atom. The second kappa shape index (κ2) is 9.18. The van der Waals surface area contributed by atoms with E-state index in [0.717, 1.165) is 0 Å². The maximum atomic E-state index is 10.7. The Balaban J connectivity index is 0. The van der Waals surface area contributed by atoms with Gasteiger partial charge in [-0.05, 0) is 12.1 Å². The Morgan fingerprint density at radius 1 is 1.27 bits per heavy atom. The summed E-state index contributed by atoms with van der Waals surface area (Å²) in [6, 6.07) is 8.12. The van der Waals surface area contributed by atoms with Crippen molar-refractivity contribution in [3.05, 3.63) is 43.0 Å². The minimum Gasteiger partial charge on any atom is -0.332 e. The van der Waals surface area contributed by atoms with Crippen molar-refractivity contribution >= 4 is 32.9 Å². The third-order valence-corrected chi connectivity index (χ3v) is 2.50. The van der Waals surface area contributed by atoms with Crippen molar-refractivity contribution in [2.75, 3.05) is 0 Å². The summed E-state index contributed by atoms with van der Waals surface area (Å²) in [6.07, 6.45) is 6.33. The standard InChI is InChI=1S/C7H7O2S.C4H9.Mg/c1-10(8,9)7-5-3-2-4-6-7;1-3-4-2;/h2-6H,1H2;3H,4H2,1-2H3;/q2*-1;+2. The van der Waals surface area contributed by atoms with E-state index in [1.54, 1.807) is 18.2 Å². The molecule has 0 saturated heterocycles. The molecule has 0 aliphatic heterocycles. The average Bonchev–Trinajstić information content (AvgIpc) is 2.18. The van der Waals surface area contributed by atoms with E-state index in [-0.39, 0.29) is 27.9 Å². The number of sulfone groups is 1. The molecule has 0 fully saturated rings. The van der Waals surface area contributed by atoms with Crippen LogP contribution in [0, 0.1) is 12.7 Å². The summed E-state index contributed by atoms with van der Waals surface area (Å²) in [7, 11) is -3.25. The molecule has 4 heteroatoms. The first-order valence-electron chi connectivity index (χ1n) is 4.43. The van der Waals surface area contributed by atoms with Gasteiger partial charge in [0, 0.05) is 14.7 Å². The van der Waals surface area contributed by atoms with Crippen LogP contribution in [0.4, 0.5) is 0 Å². The predicted molar refractivity (Wildman–Crippen MR) is 65.0 cm³/mol. The molecule has 0 unspecified atom stereocenters. The van der Waals surface area contributed by atoms with Gasteiger partial charge in [0.05, 0.1) is 0 Å².